The lowest BCUT2D eigenvalue weighted by Crippen LogP contribution is -2.38. The van der Waals surface area contributed by atoms with Crippen molar-refractivity contribution in [2.24, 2.45) is 11.7 Å². The van der Waals surface area contributed by atoms with Crippen LogP contribution in [-0.4, -0.2) is 50.8 Å². The molecule has 2 aromatic rings. The average molecular weight is 456 g/mol. The van der Waals surface area contributed by atoms with Crippen LogP contribution in [-0.2, 0) is 9.53 Å². The molecule has 0 radical (unpaired) electrons. The normalized spacial score (nSPS) is 14.4. The number of nitrogens with zero attached hydrogens (tertiary/aromatic N) is 1. The Labute approximate surface area is 200 Å². The van der Waals surface area contributed by atoms with Gasteiger partial charge in [-0.3, -0.25) is 4.79 Å². The van der Waals surface area contributed by atoms with Gasteiger partial charge in [-0.15, -0.1) is 0 Å². The Morgan fingerprint density at radius 3 is 2.06 bits per heavy atom. The molecule has 0 amide bonds. The predicted molar refractivity (Wildman–Crippen MR) is 135 cm³/mol. The monoisotopic (exact) mass is 455 g/mol. The van der Waals surface area contributed by atoms with Crippen LogP contribution in [0, 0.1) is 12.8 Å². The number of aryl methyl sites for hydroxylation is 1. The summed E-state index contributed by atoms with van der Waals surface area (Å²) in [5, 5.41) is 0. The van der Waals surface area contributed by atoms with Gasteiger partial charge in [-0.1, -0.05) is 62.2 Å². The summed E-state index contributed by atoms with van der Waals surface area (Å²) < 4.78 is 12.9. The van der Waals surface area contributed by atoms with E-state index in [2.05, 4.69) is 21.1 Å². The van der Waals surface area contributed by atoms with Crippen LogP contribution in [0.2, 0.25) is 0 Å². The maximum absolute atomic E-state index is 12.8. The van der Waals surface area contributed by atoms with Crippen molar-refractivity contribution in [3.63, 3.8) is 0 Å². The van der Waals surface area contributed by atoms with Crippen molar-refractivity contribution < 1.29 is 18.8 Å². The molecule has 2 aromatic carbocycles. The van der Waals surface area contributed by atoms with Crippen molar-refractivity contribution in [1.29, 1.82) is 0 Å². The number of benzene rings is 2. The number of carbonyl (C=O) groups excluding carboxylic acids is 1. The predicted octanol–water partition coefficient (Wildman–Crippen LogP) is 5.26. The Balaban J connectivity index is 2.03. The molecule has 3 unspecified atom stereocenters. The molecule has 2 rings (SSSR count). The third-order valence-electron chi connectivity index (χ3n) is 6.07. The molecular formula is C28H43N2O3+. The maximum Gasteiger partial charge on any atom is 0.324 e. The summed E-state index contributed by atoms with van der Waals surface area (Å²) >= 11 is 0. The summed E-state index contributed by atoms with van der Waals surface area (Å²) in [5.74, 6) is 0.522. The van der Waals surface area contributed by atoms with E-state index in [-0.39, 0.29) is 11.9 Å². The van der Waals surface area contributed by atoms with E-state index >= 15 is 0 Å². The lowest BCUT2D eigenvalue weighted by molar-refractivity contribution is -0.870. The van der Waals surface area contributed by atoms with Gasteiger partial charge in [-0.25, -0.2) is 0 Å². The van der Waals surface area contributed by atoms with Crippen LogP contribution in [0.15, 0.2) is 48.5 Å². The van der Waals surface area contributed by atoms with Gasteiger partial charge in [0.05, 0.1) is 34.3 Å². The standard InChI is InChI=1S/C28H43N2O3/c1-7-22(3)26(29)28(31)33-27(23-13-11-21(2)12-14-23)24-15-17-25(18-16-24)32-20-10-8-9-19-30(4,5)6/h11-18,22,26-27H,7-10,19-20,29H2,1-6H3/q+1. The Kier molecular flexibility index (Phi) is 10.4. The number of hydrogen-bond acceptors (Lipinski definition) is 4. The SMILES string of the molecule is CCC(C)C(N)C(=O)OC(c1ccc(C)cc1)c1ccc(OCCCCC[N+](C)(C)C)cc1. The van der Waals surface area contributed by atoms with Crippen LogP contribution in [0.1, 0.15) is 62.3 Å². The van der Waals surface area contributed by atoms with Crippen molar-refractivity contribution in [1.82, 2.24) is 0 Å². The van der Waals surface area contributed by atoms with Gasteiger partial charge in [0.2, 0.25) is 0 Å². The van der Waals surface area contributed by atoms with Crippen LogP contribution in [0.25, 0.3) is 0 Å². The van der Waals surface area contributed by atoms with Crippen molar-refractivity contribution in [2.45, 2.75) is 58.6 Å². The number of carbonyl (C=O) groups is 1. The lowest BCUT2D eigenvalue weighted by Gasteiger charge is -2.24. The molecule has 0 saturated heterocycles. The van der Waals surface area contributed by atoms with Gasteiger partial charge in [0.1, 0.15) is 11.8 Å². The Bertz CT molecular complexity index is 841. The average Bonchev–Trinajstić information content (AvgIpc) is 2.79. The first-order valence-electron chi connectivity index (χ1n) is 12.2. The Morgan fingerprint density at radius 1 is 0.939 bits per heavy atom. The zero-order valence-corrected chi connectivity index (χ0v) is 21.3. The fourth-order valence-electron chi connectivity index (χ4n) is 3.54. The zero-order chi connectivity index (χ0) is 24.4. The van der Waals surface area contributed by atoms with E-state index in [0.29, 0.717) is 6.61 Å². The van der Waals surface area contributed by atoms with Crippen molar-refractivity contribution >= 4 is 5.97 Å². The lowest BCUT2D eigenvalue weighted by atomic mass is 9.98. The number of unbranched alkanes of at least 4 members (excludes halogenated alkanes) is 2. The highest BCUT2D eigenvalue weighted by Crippen LogP contribution is 2.29. The molecular weight excluding hydrogens is 412 g/mol. The van der Waals surface area contributed by atoms with Crippen molar-refractivity contribution in [3.05, 3.63) is 65.2 Å². The van der Waals surface area contributed by atoms with Crippen LogP contribution >= 0.6 is 0 Å². The molecule has 0 aliphatic carbocycles. The molecule has 0 bridgehead atoms. The molecule has 5 heteroatoms. The fourth-order valence-corrected chi connectivity index (χ4v) is 3.54. The van der Waals surface area contributed by atoms with E-state index in [1.54, 1.807) is 0 Å². The summed E-state index contributed by atoms with van der Waals surface area (Å²) in [6.07, 6.45) is 3.73. The van der Waals surface area contributed by atoms with Gasteiger partial charge >= 0.3 is 5.97 Å². The molecule has 0 saturated carbocycles. The second-order valence-corrected chi connectivity index (χ2v) is 10.1. The third kappa shape index (κ3) is 9.18. The van der Waals surface area contributed by atoms with Gasteiger partial charge in [0.25, 0.3) is 0 Å². The number of ether oxygens (including phenoxy) is 2. The van der Waals surface area contributed by atoms with E-state index in [1.165, 1.54) is 13.0 Å². The molecule has 0 aliphatic rings. The highest BCUT2D eigenvalue weighted by Gasteiger charge is 2.26. The second-order valence-electron chi connectivity index (χ2n) is 10.1. The molecule has 0 spiro atoms. The first-order chi connectivity index (χ1) is 15.6. The fraction of sp³-hybridized carbons (Fsp3) is 0.536. The summed E-state index contributed by atoms with van der Waals surface area (Å²) in [5.41, 5.74) is 9.13. The van der Waals surface area contributed by atoms with Crippen LogP contribution in [0.4, 0.5) is 0 Å². The Morgan fingerprint density at radius 2 is 1.52 bits per heavy atom. The van der Waals surface area contributed by atoms with Crippen LogP contribution < -0.4 is 10.5 Å². The van der Waals surface area contributed by atoms with E-state index < -0.39 is 12.1 Å². The molecule has 0 aliphatic heterocycles. The summed E-state index contributed by atoms with van der Waals surface area (Å²) in [6.45, 7) is 7.92. The molecule has 182 valence electrons. The van der Waals surface area contributed by atoms with Crippen LogP contribution in [0.5, 0.6) is 5.75 Å². The number of nitrogens with two attached hydrogens (primary N) is 1. The number of rotatable bonds is 13. The van der Waals surface area contributed by atoms with E-state index in [4.69, 9.17) is 15.2 Å². The van der Waals surface area contributed by atoms with Crippen molar-refractivity contribution in [3.8, 4) is 5.75 Å². The molecule has 0 aromatic heterocycles. The van der Waals surface area contributed by atoms with Gasteiger partial charge in [-0.2, -0.15) is 0 Å². The Hall–Kier alpha value is -2.37. The molecule has 0 fully saturated rings. The summed E-state index contributed by atoms with van der Waals surface area (Å²) in [7, 11) is 6.66. The van der Waals surface area contributed by atoms with Crippen LogP contribution in [0.3, 0.4) is 0 Å². The molecule has 3 atom stereocenters. The largest absolute Gasteiger partial charge is 0.494 e. The third-order valence-corrected chi connectivity index (χ3v) is 6.07. The van der Waals surface area contributed by atoms with E-state index in [9.17, 15) is 4.79 Å². The second kappa shape index (κ2) is 12.8. The van der Waals surface area contributed by atoms with Gasteiger partial charge in [0.15, 0.2) is 6.10 Å². The minimum Gasteiger partial charge on any atom is -0.494 e. The molecule has 0 heterocycles. The number of quaternary nitrogens is 1. The summed E-state index contributed by atoms with van der Waals surface area (Å²) in [4.78, 5) is 12.8. The maximum atomic E-state index is 12.8. The van der Waals surface area contributed by atoms with Crippen molar-refractivity contribution in [2.75, 3.05) is 34.3 Å². The summed E-state index contributed by atoms with van der Waals surface area (Å²) in [6, 6.07) is 15.3. The zero-order valence-electron chi connectivity index (χ0n) is 21.3. The first-order valence-corrected chi connectivity index (χ1v) is 12.2. The minimum atomic E-state index is -0.636. The highest BCUT2D eigenvalue weighted by atomic mass is 16.5. The van der Waals surface area contributed by atoms with E-state index in [0.717, 1.165) is 46.2 Å². The molecule has 5 nitrogen and oxygen atoms in total. The molecule has 33 heavy (non-hydrogen) atoms. The smallest absolute Gasteiger partial charge is 0.324 e. The van der Waals surface area contributed by atoms with E-state index in [1.807, 2.05) is 69.3 Å². The highest BCUT2D eigenvalue weighted by molar-refractivity contribution is 5.76. The van der Waals surface area contributed by atoms with Gasteiger partial charge < -0.3 is 19.7 Å². The first kappa shape index (κ1) is 26.9. The van der Waals surface area contributed by atoms with Gasteiger partial charge in [0, 0.05) is 0 Å². The van der Waals surface area contributed by atoms with Gasteiger partial charge in [-0.05, 0) is 55.4 Å². The molecule has 2 N–H and O–H groups in total. The quantitative estimate of drug-likeness (QED) is 0.254. The minimum absolute atomic E-state index is 0.0642. The number of hydrogen-bond donors (Lipinski definition) is 1. The topological polar surface area (TPSA) is 61.6 Å². The number of esters is 1.